The van der Waals surface area contributed by atoms with Crippen molar-refractivity contribution in [2.24, 2.45) is 5.92 Å². The van der Waals surface area contributed by atoms with E-state index in [4.69, 9.17) is 16.3 Å². The number of nitrogens with zero attached hydrogens (tertiary/aromatic N) is 4. The number of carbonyl (C=O) groups is 1. The summed E-state index contributed by atoms with van der Waals surface area (Å²) in [6, 6.07) is 7.87. The van der Waals surface area contributed by atoms with Crippen molar-refractivity contribution < 1.29 is 9.53 Å². The molecule has 7 nitrogen and oxygen atoms in total. The molecular weight excluding hydrogens is 402 g/mol. The Hall–Kier alpha value is -2.80. The summed E-state index contributed by atoms with van der Waals surface area (Å²) in [7, 11) is 1.65. The third-order valence-corrected chi connectivity index (χ3v) is 5.83. The predicted octanol–water partition coefficient (Wildman–Crippen LogP) is 4.30. The topological polar surface area (TPSA) is 74.0 Å². The molecule has 0 aliphatic rings. The quantitative estimate of drug-likeness (QED) is 0.607. The number of benzene rings is 1. The zero-order valence-electron chi connectivity index (χ0n) is 18.3. The number of hydrogen-bond donors (Lipinski definition) is 1. The summed E-state index contributed by atoms with van der Waals surface area (Å²) in [5, 5.41) is 12.7. The number of anilines is 1. The summed E-state index contributed by atoms with van der Waals surface area (Å²) in [5.41, 5.74) is 5.16. The molecule has 1 atom stereocenters. The molecule has 1 N–H and O–H groups in total. The van der Waals surface area contributed by atoms with E-state index in [9.17, 15) is 4.79 Å². The third-order valence-electron chi connectivity index (χ3n) is 5.28. The average molecular weight is 430 g/mol. The van der Waals surface area contributed by atoms with Gasteiger partial charge in [0, 0.05) is 0 Å². The normalized spacial score (nSPS) is 12.1. The second-order valence-corrected chi connectivity index (χ2v) is 7.99. The van der Waals surface area contributed by atoms with Gasteiger partial charge in [0.15, 0.2) is 0 Å². The molecule has 1 amide bonds. The van der Waals surface area contributed by atoms with E-state index in [0.29, 0.717) is 18.1 Å². The molecule has 2 aromatic heterocycles. The van der Waals surface area contributed by atoms with Gasteiger partial charge in [0.1, 0.15) is 5.75 Å². The molecule has 0 aliphatic heterocycles. The zero-order chi connectivity index (χ0) is 22.0. The maximum atomic E-state index is 12.8. The van der Waals surface area contributed by atoms with Crippen molar-refractivity contribution in [2.75, 3.05) is 12.4 Å². The molecule has 160 valence electrons. The van der Waals surface area contributed by atoms with Crippen molar-refractivity contribution in [3.8, 4) is 5.75 Å². The Bertz CT molecular complexity index is 1070. The number of hydrogen-bond acceptors (Lipinski definition) is 4. The number of amides is 1. The molecule has 8 heteroatoms. The fraction of sp³-hybridized carbons (Fsp3) is 0.409. The van der Waals surface area contributed by atoms with Gasteiger partial charge in [0.05, 0.1) is 59.6 Å². The van der Waals surface area contributed by atoms with Crippen molar-refractivity contribution in [1.82, 2.24) is 19.6 Å². The fourth-order valence-corrected chi connectivity index (χ4v) is 3.55. The van der Waals surface area contributed by atoms with E-state index in [1.807, 2.05) is 63.6 Å². The standard InChI is InChI=1S/C22H28ClN5O2/c1-13(11-27-16(4)20(23)14(2)25-27)22(29)24-21-15(3)26-28(17(21)5)12-18-8-7-9-19(10-18)30-6/h7-10,13H,11-12H2,1-6H3,(H,24,29). The van der Waals surface area contributed by atoms with Crippen molar-refractivity contribution in [2.45, 2.75) is 47.7 Å². The van der Waals surface area contributed by atoms with Crippen LogP contribution in [0.5, 0.6) is 5.75 Å². The van der Waals surface area contributed by atoms with Gasteiger partial charge in [-0.1, -0.05) is 30.7 Å². The first kappa shape index (κ1) is 21.9. The first-order valence-corrected chi connectivity index (χ1v) is 10.3. The Labute approximate surface area is 182 Å². The van der Waals surface area contributed by atoms with Crippen LogP contribution in [0.1, 0.15) is 35.3 Å². The average Bonchev–Trinajstić information content (AvgIpc) is 3.12. The van der Waals surface area contributed by atoms with Gasteiger partial charge in [-0.3, -0.25) is 14.2 Å². The summed E-state index contributed by atoms with van der Waals surface area (Å²) in [5.74, 6) is 0.450. The van der Waals surface area contributed by atoms with E-state index in [-0.39, 0.29) is 11.8 Å². The first-order valence-electron chi connectivity index (χ1n) is 9.88. The Morgan fingerprint density at radius 1 is 1.13 bits per heavy atom. The van der Waals surface area contributed by atoms with Crippen molar-refractivity contribution in [3.05, 3.63) is 57.6 Å². The number of rotatable bonds is 7. The maximum Gasteiger partial charge on any atom is 0.229 e. The highest BCUT2D eigenvalue weighted by Crippen LogP contribution is 2.23. The Kier molecular flexibility index (Phi) is 6.51. The Morgan fingerprint density at radius 3 is 2.47 bits per heavy atom. The van der Waals surface area contributed by atoms with Crippen LogP contribution in [0.2, 0.25) is 5.02 Å². The molecule has 0 spiro atoms. The summed E-state index contributed by atoms with van der Waals surface area (Å²) in [4.78, 5) is 12.8. The summed E-state index contributed by atoms with van der Waals surface area (Å²) in [6.07, 6.45) is 0. The highest BCUT2D eigenvalue weighted by molar-refractivity contribution is 6.31. The monoisotopic (exact) mass is 429 g/mol. The smallest absolute Gasteiger partial charge is 0.229 e. The number of methoxy groups -OCH3 is 1. The minimum absolute atomic E-state index is 0.0780. The summed E-state index contributed by atoms with van der Waals surface area (Å²) in [6.45, 7) is 10.6. The lowest BCUT2D eigenvalue weighted by Gasteiger charge is -2.14. The summed E-state index contributed by atoms with van der Waals surface area (Å²) >= 11 is 6.22. The van der Waals surface area contributed by atoms with Crippen LogP contribution in [0, 0.1) is 33.6 Å². The molecule has 3 rings (SSSR count). The van der Waals surface area contributed by atoms with E-state index in [1.165, 1.54) is 0 Å². The van der Waals surface area contributed by atoms with Gasteiger partial charge >= 0.3 is 0 Å². The van der Waals surface area contributed by atoms with Gasteiger partial charge in [0.25, 0.3) is 0 Å². The van der Waals surface area contributed by atoms with Crippen LogP contribution in [-0.4, -0.2) is 32.6 Å². The molecule has 2 heterocycles. The van der Waals surface area contributed by atoms with Crippen LogP contribution in [-0.2, 0) is 17.9 Å². The molecular formula is C22H28ClN5O2. The van der Waals surface area contributed by atoms with E-state index in [1.54, 1.807) is 11.8 Å². The van der Waals surface area contributed by atoms with Gasteiger partial charge in [-0.25, -0.2) is 0 Å². The molecule has 0 radical (unpaired) electrons. The second kappa shape index (κ2) is 8.92. The van der Waals surface area contributed by atoms with Crippen LogP contribution in [0.15, 0.2) is 24.3 Å². The van der Waals surface area contributed by atoms with Crippen molar-refractivity contribution in [3.63, 3.8) is 0 Å². The zero-order valence-corrected chi connectivity index (χ0v) is 19.0. The highest BCUT2D eigenvalue weighted by Gasteiger charge is 2.20. The van der Waals surface area contributed by atoms with E-state index < -0.39 is 0 Å². The van der Waals surface area contributed by atoms with Gasteiger partial charge in [-0.2, -0.15) is 10.2 Å². The van der Waals surface area contributed by atoms with Crippen LogP contribution >= 0.6 is 11.6 Å². The number of ether oxygens (including phenoxy) is 1. The maximum absolute atomic E-state index is 12.8. The van der Waals surface area contributed by atoms with Crippen LogP contribution in [0.25, 0.3) is 0 Å². The third kappa shape index (κ3) is 4.51. The number of nitrogens with one attached hydrogen (secondary N) is 1. The molecule has 0 fully saturated rings. The Morgan fingerprint density at radius 2 is 1.83 bits per heavy atom. The lowest BCUT2D eigenvalue weighted by atomic mass is 10.1. The van der Waals surface area contributed by atoms with Crippen LogP contribution in [0.3, 0.4) is 0 Å². The molecule has 1 unspecified atom stereocenters. The number of aryl methyl sites for hydroxylation is 2. The number of carbonyl (C=O) groups excluding carboxylic acids is 1. The largest absolute Gasteiger partial charge is 0.497 e. The lowest BCUT2D eigenvalue weighted by molar-refractivity contribution is -0.119. The molecule has 0 aliphatic carbocycles. The van der Waals surface area contributed by atoms with Crippen LogP contribution < -0.4 is 10.1 Å². The van der Waals surface area contributed by atoms with E-state index >= 15 is 0 Å². The number of aromatic nitrogens is 4. The lowest BCUT2D eigenvalue weighted by Crippen LogP contribution is -2.25. The van der Waals surface area contributed by atoms with Crippen LogP contribution in [0.4, 0.5) is 5.69 Å². The van der Waals surface area contributed by atoms with Gasteiger partial charge in [0.2, 0.25) is 5.91 Å². The molecule has 30 heavy (non-hydrogen) atoms. The SMILES string of the molecule is COc1cccc(Cn2nc(C)c(NC(=O)C(C)Cn3nc(C)c(Cl)c3C)c2C)c1. The minimum atomic E-state index is -0.278. The van der Waals surface area contributed by atoms with Gasteiger partial charge in [-0.05, 0) is 45.4 Å². The molecule has 0 saturated carbocycles. The Balaban J connectivity index is 1.73. The van der Waals surface area contributed by atoms with Crippen molar-refractivity contribution >= 4 is 23.2 Å². The second-order valence-electron chi connectivity index (χ2n) is 7.61. The molecule has 1 aromatic carbocycles. The number of halogens is 1. The van der Waals surface area contributed by atoms with Gasteiger partial charge in [-0.15, -0.1) is 0 Å². The van der Waals surface area contributed by atoms with E-state index in [0.717, 1.165) is 39.8 Å². The first-order chi connectivity index (χ1) is 14.2. The predicted molar refractivity (Wildman–Crippen MR) is 118 cm³/mol. The minimum Gasteiger partial charge on any atom is -0.497 e. The van der Waals surface area contributed by atoms with Gasteiger partial charge < -0.3 is 10.1 Å². The van der Waals surface area contributed by atoms with E-state index in [2.05, 4.69) is 15.5 Å². The molecule has 0 bridgehead atoms. The fourth-order valence-electron chi connectivity index (χ4n) is 3.42. The summed E-state index contributed by atoms with van der Waals surface area (Å²) < 4.78 is 8.97. The molecule has 0 saturated heterocycles. The van der Waals surface area contributed by atoms with Crippen molar-refractivity contribution in [1.29, 1.82) is 0 Å². The highest BCUT2D eigenvalue weighted by atomic mass is 35.5. The molecule has 3 aromatic rings.